The molecule has 0 fully saturated rings. The third-order valence-corrected chi connectivity index (χ3v) is 2.45. The molecule has 2 rings (SSSR count). The highest BCUT2D eigenvalue weighted by molar-refractivity contribution is 5.65. The van der Waals surface area contributed by atoms with Gasteiger partial charge in [-0.2, -0.15) is 4.39 Å². The predicted octanol–water partition coefficient (Wildman–Crippen LogP) is 3.79. The fourth-order valence-electron chi connectivity index (χ4n) is 1.58. The van der Waals surface area contributed by atoms with Gasteiger partial charge in [-0.1, -0.05) is 12.1 Å². The van der Waals surface area contributed by atoms with E-state index in [0.717, 1.165) is 12.1 Å². The molecule has 1 aromatic heterocycles. The molecular formula is C13H9F4NO2. The van der Waals surface area contributed by atoms with E-state index in [4.69, 9.17) is 4.74 Å². The van der Waals surface area contributed by atoms with Crippen molar-refractivity contribution < 1.29 is 27.0 Å². The number of ether oxygens (including phenoxy) is 2. The van der Waals surface area contributed by atoms with Crippen LogP contribution in [0.1, 0.15) is 0 Å². The minimum atomic E-state index is -4.76. The zero-order valence-electron chi connectivity index (χ0n) is 10.2. The van der Waals surface area contributed by atoms with E-state index < -0.39 is 12.3 Å². The summed E-state index contributed by atoms with van der Waals surface area (Å²) >= 11 is 0. The molecule has 7 heteroatoms. The number of pyridine rings is 1. The van der Waals surface area contributed by atoms with E-state index in [1.54, 1.807) is 0 Å². The maximum absolute atomic E-state index is 13.6. The Morgan fingerprint density at radius 1 is 1.05 bits per heavy atom. The molecule has 0 radical (unpaired) electrons. The first-order chi connectivity index (χ1) is 9.39. The predicted molar refractivity (Wildman–Crippen MR) is 62.9 cm³/mol. The van der Waals surface area contributed by atoms with Crippen LogP contribution < -0.4 is 9.47 Å². The summed E-state index contributed by atoms with van der Waals surface area (Å²) < 4.78 is 58.3. The highest BCUT2D eigenvalue weighted by Gasteiger charge is 2.31. The number of nitrogens with zero attached hydrogens (tertiary/aromatic N) is 1. The number of halogens is 4. The molecule has 0 atom stereocenters. The topological polar surface area (TPSA) is 31.4 Å². The van der Waals surface area contributed by atoms with Crippen LogP contribution >= 0.6 is 0 Å². The molecule has 0 amide bonds. The maximum Gasteiger partial charge on any atom is 0.573 e. The number of hydrogen-bond donors (Lipinski definition) is 0. The quantitative estimate of drug-likeness (QED) is 0.635. The van der Waals surface area contributed by atoms with E-state index >= 15 is 0 Å². The SMILES string of the molecule is COc1cnc(F)c(-c2ccc(OC(F)(F)F)cc2)c1. The Morgan fingerprint density at radius 3 is 2.25 bits per heavy atom. The van der Waals surface area contributed by atoms with Gasteiger partial charge in [-0.3, -0.25) is 0 Å². The van der Waals surface area contributed by atoms with Gasteiger partial charge in [0.1, 0.15) is 11.5 Å². The van der Waals surface area contributed by atoms with Crippen molar-refractivity contribution in [2.75, 3.05) is 7.11 Å². The van der Waals surface area contributed by atoms with Gasteiger partial charge in [0.2, 0.25) is 5.95 Å². The van der Waals surface area contributed by atoms with Crippen LogP contribution in [-0.2, 0) is 0 Å². The number of benzene rings is 1. The largest absolute Gasteiger partial charge is 0.573 e. The molecule has 0 unspecified atom stereocenters. The molecule has 0 aliphatic heterocycles. The van der Waals surface area contributed by atoms with Crippen LogP contribution in [-0.4, -0.2) is 18.5 Å². The van der Waals surface area contributed by atoms with Gasteiger partial charge in [0.05, 0.1) is 13.3 Å². The molecule has 0 aliphatic rings. The summed E-state index contributed by atoms with van der Waals surface area (Å²) in [6, 6.07) is 6.21. The van der Waals surface area contributed by atoms with Crippen molar-refractivity contribution in [1.29, 1.82) is 0 Å². The summed E-state index contributed by atoms with van der Waals surface area (Å²) in [5, 5.41) is 0. The maximum atomic E-state index is 13.6. The van der Waals surface area contributed by atoms with Gasteiger partial charge in [0, 0.05) is 5.56 Å². The Kier molecular flexibility index (Phi) is 3.78. The second-order valence-electron chi connectivity index (χ2n) is 3.79. The van der Waals surface area contributed by atoms with E-state index in [9.17, 15) is 17.6 Å². The second kappa shape index (κ2) is 5.36. The van der Waals surface area contributed by atoms with Gasteiger partial charge >= 0.3 is 6.36 Å². The van der Waals surface area contributed by atoms with Crippen LogP contribution in [0.4, 0.5) is 17.6 Å². The van der Waals surface area contributed by atoms with E-state index in [2.05, 4.69) is 9.72 Å². The Bertz CT molecular complexity index is 596. The zero-order valence-corrected chi connectivity index (χ0v) is 10.2. The molecule has 1 heterocycles. The third-order valence-electron chi connectivity index (χ3n) is 2.45. The lowest BCUT2D eigenvalue weighted by Gasteiger charge is -2.10. The Balaban J connectivity index is 2.30. The van der Waals surface area contributed by atoms with Crippen LogP contribution in [0.2, 0.25) is 0 Å². The first kappa shape index (κ1) is 14.1. The first-order valence-corrected chi connectivity index (χ1v) is 5.45. The molecule has 106 valence electrons. The number of alkyl halides is 3. The van der Waals surface area contributed by atoms with Crippen molar-refractivity contribution in [3.8, 4) is 22.6 Å². The number of aromatic nitrogens is 1. The van der Waals surface area contributed by atoms with Crippen LogP contribution in [0.25, 0.3) is 11.1 Å². The molecule has 0 bridgehead atoms. The molecule has 0 saturated heterocycles. The van der Waals surface area contributed by atoms with Crippen molar-refractivity contribution in [3.05, 3.63) is 42.5 Å². The Hall–Kier alpha value is -2.31. The summed E-state index contributed by atoms with van der Waals surface area (Å²) in [6.07, 6.45) is -3.55. The van der Waals surface area contributed by atoms with Gasteiger partial charge in [-0.05, 0) is 23.8 Å². The summed E-state index contributed by atoms with van der Waals surface area (Å²) in [4.78, 5) is 3.51. The lowest BCUT2D eigenvalue weighted by atomic mass is 10.1. The molecule has 0 aliphatic carbocycles. The minimum Gasteiger partial charge on any atom is -0.495 e. The fourth-order valence-corrected chi connectivity index (χ4v) is 1.58. The van der Waals surface area contributed by atoms with E-state index in [0.29, 0.717) is 11.3 Å². The average molecular weight is 287 g/mol. The van der Waals surface area contributed by atoms with Gasteiger partial charge in [-0.15, -0.1) is 13.2 Å². The van der Waals surface area contributed by atoms with Gasteiger partial charge in [0.15, 0.2) is 0 Å². The molecule has 1 aromatic carbocycles. The van der Waals surface area contributed by atoms with Crippen molar-refractivity contribution >= 4 is 0 Å². The molecule has 0 saturated carbocycles. The average Bonchev–Trinajstić information content (AvgIpc) is 2.39. The summed E-state index contributed by atoms with van der Waals surface area (Å²) in [5.74, 6) is -0.773. The van der Waals surface area contributed by atoms with Crippen LogP contribution in [0, 0.1) is 5.95 Å². The van der Waals surface area contributed by atoms with Crippen molar-refractivity contribution in [3.63, 3.8) is 0 Å². The molecule has 2 aromatic rings. The highest BCUT2D eigenvalue weighted by Crippen LogP contribution is 2.29. The number of rotatable bonds is 3. The van der Waals surface area contributed by atoms with Crippen molar-refractivity contribution in [1.82, 2.24) is 4.98 Å². The van der Waals surface area contributed by atoms with Crippen molar-refractivity contribution in [2.24, 2.45) is 0 Å². The monoisotopic (exact) mass is 287 g/mol. The second-order valence-corrected chi connectivity index (χ2v) is 3.79. The van der Waals surface area contributed by atoms with E-state index in [1.165, 1.54) is 31.5 Å². The lowest BCUT2D eigenvalue weighted by molar-refractivity contribution is -0.274. The zero-order chi connectivity index (χ0) is 14.8. The number of methoxy groups -OCH3 is 1. The van der Waals surface area contributed by atoms with Crippen LogP contribution in [0.5, 0.6) is 11.5 Å². The van der Waals surface area contributed by atoms with Gasteiger partial charge < -0.3 is 9.47 Å². The van der Waals surface area contributed by atoms with Crippen LogP contribution in [0.3, 0.4) is 0 Å². The van der Waals surface area contributed by atoms with E-state index in [-0.39, 0.29) is 11.3 Å². The Morgan fingerprint density at radius 2 is 1.70 bits per heavy atom. The molecule has 0 N–H and O–H groups in total. The van der Waals surface area contributed by atoms with E-state index in [1.807, 2.05) is 0 Å². The summed E-state index contributed by atoms with van der Waals surface area (Å²) in [5.41, 5.74) is 0.492. The lowest BCUT2D eigenvalue weighted by Crippen LogP contribution is -2.16. The van der Waals surface area contributed by atoms with Gasteiger partial charge in [-0.25, -0.2) is 4.98 Å². The molecule has 3 nitrogen and oxygen atoms in total. The summed E-state index contributed by atoms with van der Waals surface area (Å²) in [6.45, 7) is 0. The summed E-state index contributed by atoms with van der Waals surface area (Å²) in [7, 11) is 1.40. The highest BCUT2D eigenvalue weighted by atomic mass is 19.4. The first-order valence-electron chi connectivity index (χ1n) is 5.45. The smallest absolute Gasteiger partial charge is 0.495 e. The number of hydrogen-bond acceptors (Lipinski definition) is 3. The fraction of sp³-hybridized carbons (Fsp3) is 0.154. The standard InChI is InChI=1S/C13H9F4NO2/c1-19-10-6-11(12(14)18-7-10)8-2-4-9(5-3-8)20-13(15,16)17/h2-7H,1H3. The normalized spacial score (nSPS) is 11.2. The third kappa shape index (κ3) is 3.37. The molecule has 0 spiro atoms. The molecular weight excluding hydrogens is 278 g/mol. The van der Waals surface area contributed by atoms with Crippen molar-refractivity contribution in [2.45, 2.75) is 6.36 Å². The molecule has 20 heavy (non-hydrogen) atoms. The minimum absolute atomic E-state index is 0.128. The van der Waals surface area contributed by atoms with Crippen LogP contribution in [0.15, 0.2) is 36.5 Å². The Labute approximate surface area is 111 Å². The van der Waals surface area contributed by atoms with Gasteiger partial charge in [0.25, 0.3) is 0 Å².